The van der Waals surface area contributed by atoms with Gasteiger partial charge in [0.05, 0.1) is 20.3 Å². The Morgan fingerprint density at radius 2 is 1.58 bits per heavy atom. The van der Waals surface area contributed by atoms with E-state index in [-0.39, 0.29) is 11.9 Å². The number of nitrogens with two attached hydrogens (primary N) is 1. The van der Waals surface area contributed by atoms with Gasteiger partial charge in [0, 0.05) is 0 Å². The summed E-state index contributed by atoms with van der Waals surface area (Å²) in [6, 6.07) is 12.3. The second-order valence-corrected chi connectivity index (χ2v) is 5.73. The predicted octanol–water partition coefficient (Wildman–Crippen LogP) is 2.89. The Bertz CT molecular complexity index is 698. The van der Waals surface area contributed by atoms with Crippen LogP contribution in [-0.4, -0.2) is 20.1 Å². The lowest BCUT2D eigenvalue weighted by molar-refractivity contribution is -0.123. The van der Waals surface area contributed by atoms with Gasteiger partial charge in [-0.2, -0.15) is 0 Å². The molecule has 2 rings (SSSR count). The molecule has 0 aliphatic heterocycles. The van der Waals surface area contributed by atoms with Crippen molar-refractivity contribution in [2.45, 2.75) is 25.9 Å². The second-order valence-electron chi connectivity index (χ2n) is 5.73. The second kappa shape index (κ2) is 7.84. The molecule has 5 nitrogen and oxygen atoms in total. The van der Waals surface area contributed by atoms with Crippen molar-refractivity contribution in [3.05, 3.63) is 59.2 Å². The number of hydrogen-bond acceptors (Lipinski definition) is 4. The van der Waals surface area contributed by atoms with E-state index < -0.39 is 6.04 Å². The summed E-state index contributed by atoms with van der Waals surface area (Å²) >= 11 is 0. The maximum Gasteiger partial charge on any atom is 0.241 e. The molecular formula is C19H24N2O3. The summed E-state index contributed by atoms with van der Waals surface area (Å²) in [5.74, 6) is 1.05. The van der Waals surface area contributed by atoms with Crippen LogP contribution in [-0.2, 0) is 4.79 Å². The maximum atomic E-state index is 12.4. The maximum absolute atomic E-state index is 12.4. The molecule has 0 saturated heterocycles. The van der Waals surface area contributed by atoms with E-state index >= 15 is 0 Å². The number of amides is 1. The van der Waals surface area contributed by atoms with Crippen LogP contribution in [0, 0.1) is 6.92 Å². The molecule has 0 heterocycles. The van der Waals surface area contributed by atoms with E-state index in [0.29, 0.717) is 11.5 Å². The summed E-state index contributed by atoms with van der Waals surface area (Å²) in [5.41, 5.74) is 8.89. The average molecular weight is 328 g/mol. The summed E-state index contributed by atoms with van der Waals surface area (Å²) in [6.07, 6.45) is 0. The number of hydrogen-bond donors (Lipinski definition) is 2. The standard InChI is InChI=1S/C19H24N2O3/c1-12-5-7-14(8-6-12)18(20)19(22)21-13(2)15-9-10-16(23-3)17(11-15)24-4/h5-11,13,18H,20H2,1-4H3,(H,21,22). The summed E-state index contributed by atoms with van der Waals surface area (Å²) in [5, 5.41) is 2.94. The van der Waals surface area contributed by atoms with Crippen LogP contribution < -0.4 is 20.5 Å². The Hall–Kier alpha value is -2.53. The lowest BCUT2D eigenvalue weighted by Gasteiger charge is -2.19. The van der Waals surface area contributed by atoms with Crippen molar-refractivity contribution in [1.82, 2.24) is 5.32 Å². The highest BCUT2D eigenvalue weighted by molar-refractivity contribution is 5.83. The number of nitrogens with one attached hydrogen (secondary N) is 1. The van der Waals surface area contributed by atoms with Crippen molar-refractivity contribution in [2.24, 2.45) is 5.73 Å². The molecule has 0 fully saturated rings. The van der Waals surface area contributed by atoms with E-state index in [1.54, 1.807) is 14.2 Å². The minimum atomic E-state index is -0.701. The Morgan fingerprint density at radius 3 is 2.17 bits per heavy atom. The van der Waals surface area contributed by atoms with Crippen molar-refractivity contribution in [3.63, 3.8) is 0 Å². The highest BCUT2D eigenvalue weighted by atomic mass is 16.5. The lowest BCUT2D eigenvalue weighted by atomic mass is 10.0. The van der Waals surface area contributed by atoms with Crippen LogP contribution >= 0.6 is 0 Å². The van der Waals surface area contributed by atoms with E-state index in [9.17, 15) is 4.79 Å². The molecule has 3 N–H and O–H groups in total. The molecule has 0 saturated carbocycles. The van der Waals surface area contributed by atoms with Crippen LogP contribution in [0.4, 0.5) is 0 Å². The summed E-state index contributed by atoms with van der Waals surface area (Å²) in [7, 11) is 3.17. The molecule has 0 aromatic heterocycles. The van der Waals surface area contributed by atoms with E-state index in [1.807, 2.05) is 56.3 Å². The molecule has 0 spiro atoms. The van der Waals surface area contributed by atoms with Gasteiger partial charge in [-0.15, -0.1) is 0 Å². The Balaban J connectivity index is 2.09. The van der Waals surface area contributed by atoms with Gasteiger partial charge in [-0.05, 0) is 37.1 Å². The van der Waals surface area contributed by atoms with E-state index in [1.165, 1.54) is 0 Å². The summed E-state index contributed by atoms with van der Waals surface area (Å²) in [4.78, 5) is 12.4. The first-order valence-corrected chi connectivity index (χ1v) is 7.80. The first-order valence-electron chi connectivity index (χ1n) is 7.80. The monoisotopic (exact) mass is 328 g/mol. The fourth-order valence-electron chi connectivity index (χ4n) is 2.43. The Kier molecular flexibility index (Phi) is 5.82. The van der Waals surface area contributed by atoms with Gasteiger partial charge in [-0.1, -0.05) is 35.9 Å². The first kappa shape index (κ1) is 17.8. The Morgan fingerprint density at radius 1 is 1.00 bits per heavy atom. The molecular weight excluding hydrogens is 304 g/mol. The Labute approximate surface area is 142 Å². The minimum Gasteiger partial charge on any atom is -0.493 e. The smallest absolute Gasteiger partial charge is 0.241 e. The molecule has 2 aromatic rings. The number of ether oxygens (including phenoxy) is 2. The van der Waals surface area contributed by atoms with Crippen LogP contribution in [0.25, 0.3) is 0 Å². The number of rotatable bonds is 6. The molecule has 0 aliphatic rings. The molecule has 24 heavy (non-hydrogen) atoms. The SMILES string of the molecule is COc1ccc(C(C)NC(=O)C(N)c2ccc(C)cc2)cc1OC. The largest absolute Gasteiger partial charge is 0.493 e. The number of carbonyl (C=O) groups is 1. The third-order valence-corrected chi connectivity index (χ3v) is 3.99. The van der Waals surface area contributed by atoms with E-state index in [4.69, 9.17) is 15.2 Å². The van der Waals surface area contributed by atoms with Gasteiger partial charge >= 0.3 is 0 Å². The van der Waals surface area contributed by atoms with E-state index in [0.717, 1.165) is 16.7 Å². The van der Waals surface area contributed by atoms with Gasteiger partial charge in [-0.25, -0.2) is 0 Å². The van der Waals surface area contributed by atoms with Crippen molar-refractivity contribution in [3.8, 4) is 11.5 Å². The van der Waals surface area contributed by atoms with Gasteiger partial charge in [0.25, 0.3) is 0 Å². The molecule has 0 aliphatic carbocycles. The quantitative estimate of drug-likeness (QED) is 0.855. The van der Waals surface area contributed by atoms with Gasteiger partial charge in [-0.3, -0.25) is 4.79 Å². The summed E-state index contributed by atoms with van der Waals surface area (Å²) in [6.45, 7) is 3.90. The van der Waals surface area contributed by atoms with Gasteiger partial charge in [0.1, 0.15) is 6.04 Å². The number of aryl methyl sites for hydroxylation is 1. The average Bonchev–Trinajstić information content (AvgIpc) is 2.60. The van der Waals surface area contributed by atoms with Crippen LogP contribution in [0.2, 0.25) is 0 Å². The third-order valence-electron chi connectivity index (χ3n) is 3.99. The van der Waals surface area contributed by atoms with Gasteiger partial charge < -0.3 is 20.5 Å². The highest BCUT2D eigenvalue weighted by Gasteiger charge is 2.19. The van der Waals surface area contributed by atoms with Gasteiger partial charge in [0.15, 0.2) is 11.5 Å². The fourth-order valence-corrected chi connectivity index (χ4v) is 2.43. The molecule has 2 unspecified atom stereocenters. The molecule has 128 valence electrons. The van der Waals surface area contributed by atoms with Crippen LogP contribution in [0.3, 0.4) is 0 Å². The van der Waals surface area contributed by atoms with Crippen molar-refractivity contribution in [1.29, 1.82) is 0 Å². The molecule has 5 heteroatoms. The van der Waals surface area contributed by atoms with Gasteiger partial charge in [0.2, 0.25) is 5.91 Å². The number of carbonyl (C=O) groups excluding carboxylic acids is 1. The lowest BCUT2D eigenvalue weighted by Crippen LogP contribution is -2.35. The van der Waals surface area contributed by atoms with Crippen LogP contribution in [0.5, 0.6) is 11.5 Å². The fraction of sp³-hybridized carbons (Fsp3) is 0.316. The zero-order valence-electron chi connectivity index (χ0n) is 14.5. The highest BCUT2D eigenvalue weighted by Crippen LogP contribution is 2.30. The number of benzene rings is 2. The first-order chi connectivity index (χ1) is 11.5. The zero-order valence-corrected chi connectivity index (χ0v) is 14.5. The number of methoxy groups -OCH3 is 2. The molecule has 0 radical (unpaired) electrons. The third kappa shape index (κ3) is 4.06. The summed E-state index contributed by atoms with van der Waals surface area (Å²) < 4.78 is 10.5. The molecule has 2 aromatic carbocycles. The van der Waals surface area contributed by atoms with E-state index in [2.05, 4.69) is 5.32 Å². The normalized spacial score (nSPS) is 13.0. The molecule has 2 atom stereocenters. The minimum absolute atomic E-state index is 0.200. The predicted molar refractivity (Wildman–Crippen MR) is 94.2 cm³/mol. The van der Waals surface area contributed by atoms with Crippen molar-refractivity contribution < 1.29 is 14.3 Å². The zero-order chi connectivity index (χ0) is 17.7. The topological polar surface area (TPSA) is 73.6 Å². The molecule has 0 bridgehead atoms. The van der Waals surface area contributed by atoms with Crippen molar-refractivity contribution in [2.75, 3.05) is 14.2 Å². The molecule has 1 amide bonds. The van der Waals surface area contributed by atoms with Crippen LogP contribution in [0.1, 0.15) is 35.7 Å². The van der Waals surface area contributed by atoms with Crippen molar-refractivity contribution >= 4 is 5.91 Å². The van der Waals surface area contributed by atoms with Crippen LogP contribution in [0.15, 0.2) is 42.5 Å².